The lowest BCUT2D eigenvalue weighted by Gasteiger charge is -2.38. The largest absolute Gasteiger partial charge is 0.480 e. The van der Waals surface area contributed by atoms with Crippen LogP contribution >= 0.6 is 0 Å². The molecule has 120 valence electrons. The van der Waals surface area contributed by atoms with Crippen LogP contribution < -0.4 is 10.6 Å². The first kappa shape index (κ1) is 16.3. The lowest BCUT2D eigenvalue weighted by atomic mass is 9.76. The van der Waals surface area contributed by atoms with Gasteiger partial charge in [-0.05, 0) is 56.9 Å². The van der Waals surface area contributed by atoms with E-state index >= 15 is 0 Å². The Labute approximate surface area is 126 Å². The molecule has 1 saturated carbocycles. The smallest absolute Gasteiger partial charge is 0.329 e. The first-order chi connectivity index (χ1) is 9.97. The van der Waals surface area contributed by atoms with E-state index in [4.69, 9.17) is 0 Å². The van der Waals surface area contributed by atoms with Crippen molar-refractivity contribution in [3.63, 3.8) is 0 Å². The number of carbonyl (C=O) groups excluding carboxylic acids is 1. The number of carbonyl (C=O) groups is 2. The van der Waals surface area contributed by atoms with Gasteiger partial charge in [-0.1, -0.05) is 20.3 Å². The van der Waals surface area contributed by atoms with Gasteiger partial charge in [0.15, 0.2) is 0 Å². The Kier molecular flexibility index (Phi) is 5.25. The molecule has 2 aliphatic rings. The van der Waals surface area contributed by atoms with Gasteiger partial charge in [0.1, 0.15) is 5.54 Å². The molecule has 2 atom stereocenters. The number of piperidine rings is 1. The topological polar surface area (TPSA) is 78.4 Å². The maximum Gasteiger partial charge on any atom is 0.329 e. The van der Waals surface area contributed by atoms with Crippen molar-refractivity contribution in [2.75, 3.05) is 6.54 Å². The second-order valence-electron chi connectivity index (χ2n) is 6.86. The van der Waals surface area contributed by atoms with Gasteiger partial charge in [-0.3, -0.25) is 4.79 Å². The van der Waals surface area contributed by atoms with Crippen LogP contribution in [0.2, 0.25) is 0 Å². The van der Waals surface area contributed by atoms with Gasteiger partial charge in [-0.2, -0.15) is 0 Å². The molecule has 0 aromatic rings. The monoisotopic (exact) mass is 296 g/mol. The highest BCUT2D eigenvalue weighted by atomic mass is 16.4. The highest BCUT2D eigenvalue weighted by molar-refractivity contribution is 5.89. The van der Waals surface area contributed by atoms with Gasteiger partial charge in [0.05, 0.1) is 6.04 Å². The molecule has 5 nitrogen and oxygen atoms in total. The average Bonchev–Trinajstić information content (AvgIpc) is 2.49. The molecule has 21 heavy (non-hydrogen) atoms. The molecule has 1 aliphatic carbocycles. The third-order valence-electron chi connectivity index (χ3n) is 5.31. The van der Waals surface area contributed by atoms with Gasteiger partial charge < -0.3 is 15.7 Å². The predicted molar refractivity (Wildman–Crippen MR) is 80.9 cm³/mol. The van der Waals surface area contributed by atoms with Crippen molar-refractivity contribution in [2.45, 2.75) is 70.4 Å². The number of rotatable bonds is 4. The summed E-state index contributed by atoms with van der Waals surface area (Å²) in [7, 11) is 0. The predicted octanol–water partition coefficient (Wildman–Crippen LogP) is 1.91. The van der Waals surface area contributed by atoms with E-state index in [0.717, 1.165) is 38.6 Å². The Bertz CT molecular complexity index is 389. The molecule has 0 aromatic heterocycles. The van der Waals surface area contributed by atoms with Crippen LogP contribution in [0.1, 0.15) is 58.8 Å². The van der Waals surface area contributed by atoms with E-state index in [1.807, 2.05) is 0 Å². The molecule has 1 heterocycles. The third-order valence-corrected chi connectivity index (χ3v) is 5.31. The fourth-order valence-electron chi connectivity index (χ4n) is 3.54. The molecule has 2 unspecified atom stereocenters. The number of hydrogen-bond acceptors (Lipinski definition) is 3. The second-order valence-corrected chi connectivity index (χ2v) is 6.86. The third kappa shape index (κ3) is 3.76. The Hall–Kier alpha value is -1.10. The Morgan fingerprint density at radius 1 is 1.29 bits per heavy atom. The number of carboxylic acids is 1. The minimum absolute atomic E-state index is 0.134. The summed E-state index contributed by atoms with van der Waals surface area (Å²) in [5, 5.41) is 15.7. The van der Waals surface area contributed by atoms with Gasteiger partial charge in [-0.15, -0.1) is 0 Å². The van der Waals surface area contributed by atoms with Crippen molar-refractivity contribution in [2.24, 2.45) is 11.8 Å². The molecular weight excluding hydrogens is 268 g/mol. The van der Waals surface area contributed by atoms with Crippen LogP contribution in [0.15, 0.2) is 0 Å². The molecule has 2 fully saturated rings. The van der Waals surface area contributed by atoms with Crippen LogP contribution in [0.4, 0.5) is 0 Å². The standard InChI is InChI=1S/C16H28N2O3/c1-3-12-6-9-17-13(10-12)14(19)18-16(15(20)21)7-4-11(2)5-8-16/h11-13,17H,3-10H2,1-2H3,(H,18,19)(H,20,21). The van der Waals surface area contributed by atoms with Gasteiger partial charge in [-0.25, -0.2) is 4.79 Å². The summed E-state index contributed by atoms with van der Waals surface area (Å²) in [6.07, 6.45) is 5.80. The molecule has 0 bridgehead atoms. The minimum atomic E-state index is -1.05. The maximum absolute atomic E-state index is 12.5. The molecule has 5 heteroatoms. The van der Waals surface area contributed by atoms with E-state index in [1.165, 1.54) is 0 Å². The highest BCUT2D eigenvalue weighted by Crippen LogP contribution is 2.32. The van der Waals surface area contributed by atoms with Crippen LogP contribution in [0, 0.1) is 11.8 Å². The van der Waals surface area contributed by atoms with Crippen LogP contribution in [0.5, 0.6) is 0 Å². The summed E-state index contributed by atoms with van der Waals surface area (Å²) >= 11 is 0. The summed E-state index contributed by atoms with van der Waals surface area (Å²) in [5.74, 6) is 0.0940. The number of nitrogens with one attached hydrogen (secondary N) is 2. The summed E-state index contributed by atoms with van der Waals surface area (Å²) in [6, 6.07) is -0.237. The normalized spacial score (nSPS) is 37.0. The molecule has 3 N–H and O–H groups in total. The Morgan fingerprint density at radius 2 is 1.95 bits per heavy atom. The Balaban J connectivity index is 2.00. The minimum Gasteiger partial charge on any atom is -0.480 e. The molecule has 2 rings (SSSR count). The van der Waals surface area contributed by atoms with Crippen LogP contribution in [0.25, 0.3) is 0 Å². The summed E-state index contributed by atoms with van der Waals surface area (Å²) in [6.45, 7) is 5.13. The second kappa shape index (κ2) is 6.77. The molecule has 0 radical (unpaired) electrons. The number of hydrogen-bond donors (Lipinski definition) is 3. The van der Waals surface area contributed by atoms with Crippen molar-refractivity contribution in [1.82, 2.24) is 10.6 Å². The molecule has 1 aliphatic heterocycles. The zero-order valence-electron chi connectivity index (χ0n) is 13.2. The van der Waals surface area contributed by atoms with Crippen molar-refractivity contribution in [1.29, 1.82) is 0 Å². The molecule has 0 spiro atoms. The summed E-state index contributed by atoms with van der Waals surface area (Å²) in [4.78, 5) is 24.2. The first-order valence-electron chi connectivity index (χ1n) is 8.25. The average molecular weight is 296 g/mol. The first-order valence-corrected chi connectivity index (χ1v) is 8.25. The fourth-order valence-corrected chi connectivity index (χ4v) is 3.54. The lowest BCUT2D eigenvalue weighted by molar-refractivity contribution is -0.150. The van der Waals surface area contributed by atoms with Crippen molar-refractivity contribution < 1.29 is 14.7 Å². The van der Waals surface area contributed by atoms with Crippen LogP contribution in [-0.4, -0.2) is 35.1 Å². The fraction of sp³-hybridized carbons (Fsp3) is 0.875. The SMILES string of the molecule is CCC1CCNC(C(=O)NC2(C(=O)O)CCC(C)CC2)C1. The van der Waals surface area contributed by atoms with Gasteiger partial charge >= 0.3 is 5.97 Å². The van der Waals surface area contributed by atoms with Crippen molar-refractivity contribution >= 4 is 11.9 Å². The zero-order valence-corrected chi connectivity index (χ0v) is 13.2. The van der Waals surface area contributed by atoms with Crippen molar-refractivity contribution in [3.8, 4) is 0 Å². The molecule has 0 aromatic carbocycles. The van der Waals surface area contributed by atoms with Crippen LogP contribution in [0.3, 0.4) is 0 Å². The number of amides is 1. The number of carboxylic acid groups (broad SMARTS) is 1. The van der Waals surface area contributed by atoms with E-state index in [9.17, 15) is 14.7 Å². The van der Waals surface area contributed by atoms with Crippen molar-refractivity contribution in [3.05, 3.63) is 0 Å². The lowest BCUT2D eigenvalue weighted by Crippen LogP contribution is -2.61. The quantitative estimate of drug-likeness (QED) is 0.740. The molecule has 1 amide bonds. The maximum atomic E-state index is 12.5. The van der Waals surface area contributed by atoms with Crippen LogP contribution in [-0.2, 0) is 9.59 Å². The van der Waals surface area contributed by atoms with E-state index in [0.29, 0.717) is 24.7 Å². The van der Waals surface area contributed by atoms with E-state index in [1.54, 1.807) is 0 Å². The molecule has 1 saturated heterocycles. The van der Waals surface area contributed by atoms with E-state index < -0.39 is 11.5 Å². The van der Waals surface area contributed by atoms with Gasteiger partial charge in [0.2, 0.25) is 5.91 Å². The summed E-state index contributed by atoms with van der Waals surface area (Å²) < 4.78 is 0. The zero-order chi connectivity index (χ0) is 15.5. The number of aliphatic carboxylic acids is 1. The summed E-state index contributed by atoms with van der Waals surface area (Å²) in [5.41, 5.74) is -1.05. The molecular formula is C16H28N2O3. The van der Waals surface area contributed by atoms with E-state index in [-0.39, 0.29) is 11.9 Å². The van der Waals surface area contributed by atoms with E-state index in [2.05, 4.69) is 24.5 Å². The van der Waals surface area contributed by atoms with Gasteiger partial charge in [0.25, 0.3) is 0 Å². The van der Waals surface area contributed by atoms with Gasteiger partial charge in [0, 0.05) is 0 Å². The highest BCUT2D eigenvalue weighted by Gasteiger charge is 2.43. The Morgan fingerprint density at radius 3 is 2.52 bits per heavy atom.